The Bertz CT molecular complexity index is 573. The first kappa shape index (κ1) is 11.6. The number of rotatable bonds is 2. The van der Waals surface area contributed by atoms with Crippen LogP contribution in [-0.4, -0.2) is 36.5 Å². The van der Waals surface area contributed by atoms with Gasteiger partial charge in [-0.2, -0.15) is 0 Å². The molecule has 2 nitrogen and oxygen atoms in total. The van der Waals surface area contributed by atoms with Gasteiger partial charge in [0.25, 0.3) is 0 Å². The van der Waals surface area contributed by atoms with E-state index < -0.39 is 0 Å². The van der Waals surface area contributed by atoms with E-state index in [0.29, 0.717) is 0 Å². The van der Waals surface area contributed by atoms with Gasteiger partial charge >= 0.3 is 108 Å². The fourth-order valence-corrected chi connectivity index (χ4v) is 2.84. The van der Waals surface area contributed by atoms with E-state index in [2.05, 4.69) is 5.39 Å². The van der Waals surface area contributed by atoms with E-state index in [0.717, 1.165) is 36.5 Å². The van der Waals surface area contributed by atoms with E-state index in [9.17, 15) is 4.79 Å². The summed E-state index contributed by atoms with van der Waals surface area (Å²) in [6.45, 7) is 0. The average Bonchev–Trinajstić information content (AvgIpc) is 2.29. The molecule has 0 spiro atoms. The summed E-state index contributed by atoms with van der Waals surface area (Å²) in [4.78, 5) is 11.7. The van der Waals surface area contributed by atoms with Gasteiger partial charge in [0.05, 0.1) is 0 Å². The molecule has 76 valence electrons. The zero-order valence-electron chi connectivity index (χ0n) is 9.07. The third-order valence-corrected chi connectivity index (χ3v) is 3.85. The first-order valence-electron chi connectivity index (χ1n) is 5.05. The Hall–Kier alpha value is -0.895. The summed E-state index contributed by atoms with van der Waals surface area (Å²) in [7, 11) is 0. The summed E-state index contributed by atoms with van der Waals surface area (Å²) in [5, 5.41) is 3.87. The molecule has 0 N–H and O–H groups in total. The predicted molar refractivity (Wildman–Crippen MR) is 71.1 cm³/mol. The minimum atomic E-state index is -0.279. The van der Waals surface area contributed by atoms with Crippen molar-refractivity contribution >= 4 is 45.5 Å². The molecule has 0 unspecified atom stereocenters. The molecule has 0 radical (unpaired) electrons. The van der Waals surface area contributed by atoms with Gasteiger partial charge in [0.15, 0.2) is 0 Å². The molecule has 0 aliphatic rings. The average molecular weight is 240 g/mol. The van der Waals surface area contributed by atoms with E-state index in [4.69, 9.17) is 4.42 Å². The molecule has 0 atom stereocenters. The number of hydrogen-bond donors (Lipinski definition) is 0. The van der Waals surface area contributed by atoms with E-state index in [1.54, 1.807) is 0 Å². The van der Waals surface area contributed by atoms with Crippen LogP contribution in [0.25, 0.3) is 11.1 Å². The van der Waals surface area contributed by atoms with Crippen molar-refractivity contribution in [2.24, 2.45) is 0 Å². The Kier molecular flexibility index (Phi) is 3.59. The Balaban J connectivity index is 2.74. The fraction of sp³-hybridized carbons (Fsp3) is 0. The Morgan fingerprint density at radius 3 is 2.56 bits per heavy atom. The Labute approximate surface area is 108 Å². The second kappa shape index (κ2) is 4.96. The monoisotopic (exact) mass is 240 g/mol. The van der Waals surface area contributed by atoms with Crippen LogP contribution in [0.1, 0.15) is 0 Å². The van der Waals surface area contributed by atoms with E-state index >= 15 is 0 Å². The summed E-state index contributed by atoms with van der Waals surface area (Å²) in [5.41, 5.74) is 1.85. The SMILES string of the molecule is [CH2]=[Al][c]1c(-c2ccccc2)c[c]([AlH2])oc1=O. The molecule has 0 fully saturated rings. The molecule has 0 amide bonds. The molecule has 16 heavy (non-hydrogen) atoms. The molecule has 1 aromatic carbocycles. The summed E-state index contributed by atoms with van der Waals surface area (Å²) in [5.74, 6) is 0. The topological polar surface area (TPSA) is 30.2 Å². The maximum absolute atomic E-state index is 11.7. The standard InChI is InChI=1S/C11H6O2.CH2.2Al.2H/c12-11-8-10(6-7-13-11)9-4-2-1-3-5-9;;;;;/h1-6H;1H2;;;;. The Morgan fingerprint density at radius 2 is 1.94 bits per heavy atom. The van der Waals surface area contributed by atoms with Crippen LogP contribution in [0.15, 0.2) is 45.6 Å². The van der Waals surface area contributed by atoms with Crippen LogP contribution < -0.4 is 14.7 Å². The van der Waals surface area contributed by atoms with E-state index in [-0.39, 0.29) is 20.4 Å². The van der Waals surface area contributed by atoms with Gasteiger partial charge < -0.3 is 0 Å². The van der Waals surface area contributed by atoms with Crippen molar-refractivity contribution in [3.8, 4) is 11.1 Å². The van der Waals surface area contributed by atoms with Crippen molar-refractivity contribution < 1.29 is 4.42 Å². The zero-order valence-corrected chi connectivity index (χ0v) is 12.2. The van der Waals surface area contributed by atoms with Crippen molar-refractivity contribution in [3.63, 3.8) is 0 Å². The van der Waals surface area contributed by atoms with Crippen molar-refractivity contribution in [1.29, 1.82) is 0 Å². The summed E-state index contributed by atoms with van der Waals surface area (Å²) in [6, 6.07) is 11.9. The third kappa shape index (κ3) is 2.27. The molecule has 0 bridgehead atoms. The van der Waals surface area contributed by atoms with Gasteiger partial charge in [-0.3, -0.25) is 0 Å². The fourth-order valence-electron chi connectivity index (χ4n) is 1.67. The summed E-state index contributed by atoms with van der Waals surface area (Å²) < 4.78 is 6.67. The third-order valence-electron chi connectivity index (χ3n) is 2.40. The van der Waals surface area contributed by atoms with Crippen molar-refractivity contribution in [3.05, 3.63) is 46.8 Å². The molecule has 0 aliphatic carbocycles. The number of benzene rings is 1. The van der Waals surface area contributed by atoms with Crippen LogP contribution in [0.2, 0.25) is 0 Å². The molecular formula is C12H10Al2O2. The molecule has 0 aliphatic heterocycles. The Morgan fingerprint density at radius 1 is 1.25 bits per heavy atom. The normalized spacial score (nSPS) is 9.75. The van der Waals surface area contributed by atoms with Crippen molar-refractivity contribution in [2.45, 2.75) is 0 Å². The van der Waals surface area contributed by atoms with Crippen LogP contribution in [0.3, 0.4) is 0 Å². The first-order valence-corrected chi connectivity index (χ1v) is 7.44. The van der Waals surface area contributed by atoms with E-state index in [1.807, 2.05) is 36.4 Å². The molecule has 2 aromatic rings. The molecule has 0 saturated carbocycles. The van der Waals surface area contributed by atoms with Gasteiger partial charge in [0, 0.05) is 0 Å². The van der Waals surface area contributed by atoms with Crippen LogP contribution in [0.5, 0.6) is 0 Å². The summed E-state index contributed by atoms with van der Waals surface area (Å²) >= 11 is 0.466. The van der Waals surface area contributed by atoms with Crippen LogP contribution in [0.4, 0.5) is 0 Å². The molecule has 4 heteroatoms. The van der Waals surface area contributed by atoms with Gasteiger partial charge in [0.2, 0.25) is 0 Å². The van der Waals surface area contributed by atoms with Crippen LogP contribution >= 0.6 is 0 Å². The molecule has 1 heterocycles. The molecule has 1 aromatic heterocycles. The predicted octanol–water partition coefficient (Wildman–Crippen LogP) is -0.673. The van der Waals surface area contributed by atoms with Crippen molar-refractivity contribution in [1.82, 2.24) is 0 Å². The van der Waals surface area contributed by atoms with Gasteiger partial charge in [-0.05, 0) is 0 Å². The van der Waals surface area contributed by atoms with Gasteiger partial charge in [-0.25, -0.2) is 0 Å². The minimum absolute atomic E-state index is 0.212. The van der Waals surface area contributed by atoms with Crippen LogP contribution in [0, 0.1) is 0 Å². The van der Waals surface area contributed by atoms with E-state index in [1.165, 1.54) is 0 Å². The van der Waals surface area contributed by atoms with Gasteiger partial charge in [0.1, 0.15) is 0 Å². The summed E-state index contributed by atoms with van der Waals surface area (Å²) in [6.07, 6.45) is 0. The zero-order chi connectivity index (χ0) is 11.5. The number of hydrogen-bond acceptors (Lipinski definition) is 2. The maximum atomic E-state index is 11.7. The molecular weight excluding hydrogens is 230 g/mol. The quantitative estimate of drug-likeness (QED) is 0.651. The first-order chi connectivity index (χ1) is 7.72. The van der Waals surface area contributed by atoms with Crippen LogP contribution in [-0.2, 0) is 0 Å². The van der Waals surface area contributed by atoms with Crippen molar-refractivity contribution in [2.75, 3.05) is 0 Å². The second-order valence-corrected chi connectivity index (χ2v) is 5.51. The van der Waals surface area contributed by atoms with Gasteiger partial charge in [-0.1, -0.05) is 0 Å². The molecule has 0 saturated heterocycles. The molecule has 2 rings (SSSR count). The van der Waals surface area contributed by atoms with Gasteiger partial charge in [-0.15, -0.1) is 0 Å². The second-order valence-electron chi connectivity index (χ2n) is 3.54.